The van der Waals surface area contributed by atoms with Crippen molar-refractivity contribution in [3.8, 4) is 0 Å². The molecule has 2 rings (SSSR count). The number of hydrogen-bond donors (Lipinski definition) is 3. The van der Waals surface area contributed by atoms with Crippen LogP contribution in [0.25, 0.3) is 0 Å². The summed E-state index contributed by atoms with van der Waals surface area (Å²) in [5.41, 5.74) is 0.132. The van der Waals surface area contributed by atoms with Gasteiger partial charge in [-0.15, -0.1) is 0 Å². The van der Waals surface area contributed by atoms with Crippen LogP contribution in [-0.4, -0.2) is 43.1 Å². The first kappa shape index (κ1) is 15.6. The molecule has 1 aromatic carbocycles. The molecule has 1 unspecified atom stereocenters. The molecule has 7 nitrogen and oxygen atoms in total. The van der Waals surface area contributed by atoms with E-state index >= 15 is 0 Å². The first-order valence-electron chi connectivity index (χ1n) is 6.07. The maximum Gasteiger partial charge on any atom is 0.337 e. The Labute approximate surface area is 126 Å². The monoisotopic (exact) mass is 332 g/mol. The number of sulfone groups is 1. The van der Waals surface area contributed by atoms with Gasteiger partial charge in [0, 0.05) is 11.7 Å². The van der Waals surface area contributed by atoms with Crippen LogP contribution in [0.5, 0.6) is 0 Å². The molecule has 1 atom stereocenters. The van der Waals surface area contributed by atoms with E-state index in [1.165, 1.54) is 18.2 Å². The van der Waals surface area contributed by atoms with Gasteiger partial charge in [-0.05, 0) is 24.6 Å². The summed E-state index contributed by atoms with van der Waals surface area (Å²) in [6.45, 7) is 0. The highest BCUT2D eigenvalue weighted by Crippen LogP contribution is 2.20. The number of carboxylic acid groups (broad SMARTS) is 1. The van der Waals surface area contributed by atoms with E-state index in [-0.39, 0.29) is 27.8 Å². The van der Waals surface area contributed by atoms with Gasteiger partial charge in [0.2, 0.25) is 0 Å². The Balaban J connectivity index is 2.00. The van der Waals surface area contributed by atoms with Crippen LogP contribution in [-0.2, 0) is 9.84 Å². The lowest BCUT2D eigenvalue weighted by atomic mass is 10.2. The van der Waals surface area contributed by atoms with E-state index in [4.69, 9.17) is 16.7 Å². The summed E-state index contributed by atoms with van der Waals surface area (Å²) in [7, 11) is -3.08. The number of benzene rings is 1. The summed E-state index contributed by atoms with van der Waals surface area (Å²) in [6.07, 6.45) is 0.372. The Bertz CT molecular complexity index is 689. The van der Waals surface area contributed by atoms with E-state index in [1.807, 2.05) is 0 Å². The third-order valence-electron chi connectivity index (χ3n) is 3.02. The summed E-state index contributed by atoms with van der Waals surface area (Å²) >= 11 is 5.72. The van der Waals surface area contributed by atoms with Gasteiger partial charge in [0.05, 0.1) is 22.1 Å². The standard InChI is InChI=1S/C12H13ClN2O5S/c13-10-2-1-7(5-9(10)11(16)17)14-12(18)15-8-3-4-21(19,20)6-8/h1-2,5,8H,3-4,6H2,(H,16,17)(H2,14,15,18). The van der Waals surface area contributed by atoms with Gasteiger partial charge >= 0.3 is 12.0 Å². The van der Waals surface area contributed by atoms with Crippen molar-refractivity contribution in [1.82, 2.24) is 5.32 Å². The number of rotatable bonds is 3. The third kappa shape index (κ3) is 4.08. The van der Waals surface area contributed by atoms with Crippen LogP contribution in [0.15, 0.2) is 18.2 Å². The predicted octanol–water partition coefficient (Wildman–Crippen LogP) is 1.35. The summed E-state index contributed by atoms with van der Waals surface area (Å²) in [5, 5.41) is 14.0. The van der Waals surface area contributed by atoms with E-state index in [9.17, 15) is 18.0 Å². The normalized spacial score (nSPS) is 20.0. The van der Waals surface area contributed by atoms with Gasteiger partial charge in [0.15, 0.2) is 9.84 Å². The average molecular weight is 333 g/mol. The fourth-order valence-electron chi connectivity index (χ4n) is 2.03. The van der Waals surface area contributed by atoms with Gasteiger partial charge < -0.3 is 15.7 Å². The number of amides is 2. The van der Waals surface area contributed by atoms with Crippen molar-refractivity contribution < 1.29 is 23.1 Å². The Morgan fingerprint density at radius 3 is 2.62 bits per heavy atom. The van der Waals surface area contributed by atoms with Crippen molar-refractivity contribution in [3.63, 3.8) is 0 Å². The molecule has 1 heterocycles. The molecular weight excluding hydrogens is 320 g/mol. The maximum atomic E-state index is 11.7. The predicted molar refractivity (Wildman–Crippen MR) is 77.6 cm³/mol. The zero-order valence-electron chi connectivity index (χ0n) is 10.8. The third-order valence-corrected chi connectivity index (χ3v) is 5.12. The first-order chi connectivity index (χ1) is 9.77. The van der Waals surface area contributed by atoms with Crippen LogP contribution in [0.1, 0.15) is 16.8 Å². The Kier molecular flexibility index (Phi) is 4.38. The minimum atomic E-state index is -3.08. The second-order valence-corrected chi connectivity index (χ2v) is 7.33. The number of urea groups is 1. The van der Waals surface area contributed by atoms with Crippen molar-refractivity contribution in [2.24, 2.45) is 0 Å². The number of hydrogen-bond acceptors (Lipinski definition) is 4. The van der Waals surface area contributed by atoms with E-state index in [0.717, 1.165) is 0 Å². The van der Waals surface area contributed by atoms with Gasteiger partial charge in [0.1, 0.15) is 0 Å². The zero-order chi connectivity index (χ0) is 15.6. The molecule has 9 heteroatoms. The second kappa shape index (κ2) is 5.90. The number of carboxylic acids is 1. The molecule has 1 aliphatic heterocycles. The highest BCUT2D eigenvalue weighted by atomic mass is 35.5. The fourth-order valence-corrected chi connectivity index (χ4v) is 3.90. The van der Waals surface area contributed by atoms with Gasteiger partial charge in [-0.3, -0.25) is 0 Å². The van der Waals surface area contributed by atoms with Crippen molar-refractivity contribution in [1.29, 1.82) is 0 Å². The van der Waals surface area contributed by atoms with Crippen LogP contribution < -0.4 is 10.6 Å². The molecule has 0 saturated carbocycles. The molecule has 0 aliphatic carbocycles. The molecule has 0 spiro atoms. The quantitative estimate of drug-likeness (QED) is 0.773. The van der Waals surface area contributed by atoms with Gasteiger partial charge in [-0.1, -0.05) is 11.6 Å². The maximum absolute atomic E-state index is 11.7. The number of carbonyl (C=O) groups excluding carboxylic acids is 1. The molecule has 0 bridgehead atoms. The number of nitrogens with one attached hydrogen (secondary N) is 2. The topological polar surface area (TPSA) is 113 Å². The highest BCUT2D eigenvalue weighted by Gasteiger charge is 2.28. The lowest BCUT2D eigenvalue weighted by molar-refractivity contribution is 0.0697. The number of halogens is 1. The average Bonchev–Trinajstić information content (AvgIpc) is 2.70. The molecule has 3 N–H and O–H groups in total. The summed E-state index contributed by atoms with van der Waals surface area (Å²) in [6, 6.07) is 3.03. The van der Waals surface area contributed by atoms with Crippen molar-refractivity contribution in [2.45, 2.75) is 12.5 Å². The molecule has 1 aromatic rings. The fraction of sp³-hybridized carbons (Fsp3) is 0.333. The minimum Gasteiger partial charge on any atom is -0.478 e. The van der Waals surface area contributed by atoms with Crippen LogP contribution in [0.4, 0.5) is 10.5 Å². The summed E-state index contributed by atoms with van der Waals surface area (Å²) in [5.74, 6) is -1.23. The molecule has 1 aliphatic rings. The Hall–Kier alpha value is -1.80. The molecule has 114 valence electrons. The lowest BCUT2D eigenvalue weighted by Gasteiger charge is -2.12. The lowest BCUT2D eigenvalue weighted by Crippen LogP contribution is -2.38. The molecule has 0 radical (unpaired) electrons. The van der Waals surface area contributed by atoms with E-state index in [2.05, 4.69) is 10.6 Å². The molecule has 2 amide bonds. The van der Waals surface area contributed by atoms with Gasteiger partial charge in [0.25, 0.3) is 0 Å². The van der Waals surface area contributed by atoms with Crippen LogP contribution >= 0.6 is 11.6 Å². The SMILES string of the molecule is O=C(Nc1ccc(Cl)c(C(=O)O)c1)NC1CCS(=O)(=O)C1. The summed E-state index contributed by atoms with van der Waals surface area (Å²) in [4.78, 5) is 22.7. The smallest absolute Gasteiger partial charge is 0.337 e. The van der Waals surface area contributed by atoms with Crippen LogP contribution in [0.3, 0.4) is 0 Å². The molecule has 1 fully saturated rings. The van der Waals surface area contributed by atoms with Gasteiger partial charge in [-0.2, -0.15) is 0 Å². The van der Waals surface area contributed by atoms with Crippen molar-refractivity contribution >= 4 is 39.1 Å². The number of anilines is 1. The second-order valence-electron chi connectivity index (χ2n) is 4.70. The summed E-state index contributed by atoms with van der Waals surface area (Å²) < 4.78 is 22.6. The minimum absolute atomic E-state index is 0.0576. The molecular formula is C12H13ClN2O5S. The van der Waals surface area contributed by atoms with E-state index in [0.29, 0.717) is 6.42 Å². The largest absolute Gasteiger partial charge is 0.478 e. The number of aromatic carboxylic acids is 1. The Morgan fingerprint density at radius 1 is 1.33 bits per heavy atom. The van der Waals surface area contributed by atoms with Crippen molar-refractivity contribution in [2.75, 3.05) is 16.8 Å². The van der Waals surface area contributed by atoms with Crippen molar-refractivity contribution in [3.05, 3.63) is 28.8 Å². The van der Waals surface area contributed by atoms with Gasteiger partial charge in [-0.25, -0.2) is 18.0 Å². The Morgan fingerprint density at radius 2 is 2.05 bits per heavy atom. The molecule has 0 aromatic heterocycles. The molecule has 21 heavy (non-hydrogen) atoms. The highest BCUT2D eigenvalue weighted by molar-refractivity contribution is 7.91. The van der Waals surface area contributed by atoms with Crippen LogP contribution in [0.2, 0.25) is 5.02 Å². The van der Waals surface area contributed by atoms with Crippen LogP contribution in [0, 0.1) is 0 Å². The van der Waals surface area contributed by atoms with E-state index < -0.39 is 27.9 Å². The number of carbonyl (C=O) groups is 2. The first-order valence-corrected chi connectivity index (χ1v) is 8.27. The molecule has 1 saturated heterocycles. The zero-order valence-corrected chi connectivity index (χ0v) is 12.4. The van der Waals surface area contributed by atoms with E-state index in [1.54, 1.807) is 0 Å².